The number of benzene rings is 1. The van der Waals surface area contributed by atoms with Crippen molar-refractivity contribution in [3.63, 3.8) is 0 Å². The zero-order chi connectivity index (χ0) is 21.5. The third kappa shape index (κ3) is 4.06. The van der Waals surface area contributed by atoms with E-state index in [1.165, 1.54) is 0 Å². The first-order chi connectivity index (χ1) is 14.2. The minimum Gasteiger partial charge on any atom is -0.481 e. The van der Waals surface area contributed by atoms with Crippen LogP contribution in [0.5, 0.6) is 0 Å². The summed E-state index contributed by atoms with van der Waals surface area (Å²) in [5.41, 5.74) is 2.46. The van der Waals surface area contributed by atoms with Gasteiger partial charge in [-0.3, -0.25) is 9.69 Å². The Morgan fingerprint density at radius 2 is 1.97 bits per heavy atom. The first-order valence-corrected chi connectivity index (χ1v) is 10.6. The number of hydrogen-bond donors (Lipinski definition) is 2. The zero-order valence-corrected chi connectivity index (χ0v) is 17.7. The van der Waals surface area contributed by atoms with Gasteiger partial charge in [0.25, 0.3) is 0 Å². The number of H-pyrrole nitrogens is 1. The average Bonchev–Trinajstić information content (AvgIpc) is 3.28. The molecule has 160 valence electrons. The van der Waals surface area contributed by atoms with Crippen LogP contribution >= 0.6 is 0 Å². The van der Waals surface area contributed by atoms with Crippen LogP contribution in [0.4, 0.5) is 4.79 Å². The number of carbonyl (C=O) groups is 2. The molecule has 1 saturated carbocycles. The van der Waals surface area contributed by atoms with Gasteiger partial charge in [-0.25, -0.2) is 9.78 Å². The molecule has 0 bridgehead atoms. The van der Waals surface area contributed by atoms with Crippen molar-refractivity contribution in [3.8, 4) is 11.3 Å². The Bertz CT molecular complexity index is 940. The lowest BCUT2D eigenvalue weighted by Crippen LogP contribution is -2.36. The summed E-state index contributed by atoms with van der Waals surface area (Å²) in [6.45, 7) is 6.26. The second kappa shape index (κ2) is 7.78. The molecule has 1 aliphatic carbocycles. The van der Waals surface area contributed by atoms with E-state index in [2.05, 4.69) is 11.1 Å². The smallest absolute Gasteiger partial charge is 0.410 e. The highest BCUT2D eigenvalue weighted by molar-refractivity contribution is 5.73. The number of amides is 1. The molecule has 1 atom stereocenters. The largest absolute Gasteiger partial charge is 0.481 e. The van der Waals surface area contributed by atoms with Gasteiger partial charge in [0, 0.05) is 18.3 Å². The van der Waals surface area contributed by atoms with E-state index >= 15 is 0 Å². The Morgan fingerprint density at radius 1 is 1.23 bits per heavy atom. The maximum absolute atomic E-state index is 12.6. The van der Waals surface area contributed by atoms with Crippen molar-refractivity contribution in [2.45, 2.75) is 64.0 Å². The summed E-state index contributed by atoms with van der Waals surface area (Å²) < 4.78 is 5.56. The maximum atomic E-state index is 12.6. The molecule has 0 radical (unpaired) electrons. The summed E-state index contributed by atoms with van der Waals surface area (Å²) >= 11 is 0. The van der Waals surface area contributed by atoms with Crippen molar-refractivity contribution >= 4 is 12.1 Å². The summed E-state index contributed by atoms with van der Waals surface area (Å²) in [7, 11) is 0. The fraction of sp³-hybridized carbons (Fsp3) is 0.522. The second-order valence-electron chi connectivity index (χ2n) is 9.29. The van der Waals surface area contributed by atoms with E-state index in [4.69, 9.17) is 9.72 Å². The van der Waals surface area contributed by atoms with Crippen molar-refractivity contribution in [2.24, 2.45) is 5.92 Å². The van der Waals surface area contributed by atoms with Crippen molar-refractivity contribution in [1.82, 2.24) is 14.9 Å². The van der Waals surface area contributed by atoms with Gasteiger partial charge in [0.05, 0.1) is 17.7 Å². The van der Waals surface area contributed by atoms with Crippen molar-refractivity contribution in [1.29, 1.82) is 0 Å². The number of hydrogen-bond acceptors (Lipinski definition) is 4. The molecule has 30 heavy (non-hydrogen) atoms. The molecule has 1 saturated heterocycles. The Labute approximate surface area is 176 Å². The molecule has 4 rings (SSSR count). The van der Waals surface area contributed by atoms with Crippen LogP contribution in [0.15, 0.2) is 30.5 Å². The van der Waals surface area contributed by atoms with E-state index < -0.39 is 11.6 Å². The highest BCUT2D eigenvalue weighted by atomic mass is 16.6. The third-order valence-corrected chi connectivity index (χ3v) is 5.96. The number of nitrogens with one attached hydrogen (secondary N) is 1. The number of nitrogens with zero attached hydrogens (tertiary/aromatic N) is 2. The first kappa shape index (κ1) is 20.4. The monoisotopic (exact) mass is 411 g/mol. The first-order valence-electron chi connectivity index (χ1n) is 10.6. The standard InChI is InChI=1S/C23H29N3O4/c1-23(2,3)30-22(29)26-10-6-9-19(26)20-24-13-18(25-20)17-8-5-4-7-16(17)14-11-15(12-14)21(27)28/h4-5,7-8,13-15,19H,6,9-12H2,1-3H3,(H,24,25)(H,27,28). The molecular formula is C23H29N3O4. The van der Waals surface area contributed by atoms with E-state index in [1.54, 1.807) is 4.90 Å². The average molecular weight is 412 g/mol. The molecule has 2 fully saturated rings. The Morgan fingerprint density at radius 3 is 2.67 bits per heavy atom. The molecule has 0 spiro atoms. The van der Waals surface area contributed by atoms with E-state index in [-0.39, 0.29) is 24.0 Å². The molecule has 2 N–H and O–H groups in total. The quantitative estimate of drug-likeness (QED) is 0.758. The Kier molecular flexibility index (Phi) is 5.30. The molecule has 7 heteroatoms. The number of rotatable bonds is 4. The van der Waals surface area contributed by atoms with Gasteiger partial charge in [0.2, 0.25) is 0 Å². The highest BCUT2D eigenvalue weighted by Crippen LogP contribution is 2.45. The van der Waals surface area contributed by atoms with Crippen LogP contribution in [0.25, 0.3) is 11.3 Å². The summed E-state index contributed by atoms with van der Waals surface area (Å²) in [5, 5.41) is 9.19. The summed E-state index contributed by atoms with van der Waals surface area (Å²) in [6.07, 6.45) is 4.66. The lowest BCUT2D eigenvalue weighted by Gasteiger charge is -2.33. The van der Waals surface area contributed by atoms with Crippen LogP contribution in [0.1, 0.15) is 69.8 Å². The molecule has 1 unspecified atom stereocenters. The highest BCUT2D eigenvalue weighted by Gasteiger charge is 2.37. The maximum Gasteiger partial charge on any atom is 0.410 e. The molecule has 1 aromatic heterocycles. The summed E-state index contributed by atoms with van der Waals surface area (Å²) in [6, 6.07) is 7.93. The molecule has 1 aliphatic heterocycles. The van der Waals surface area contributed by atoms with Crippen LogP contribution in [0.2, 0.25) is 0 Å². The number of likely N-dealkylation sites (tertiary alicyclic amines) is 1. The van der Waals surface area contributed by atoms with E-state index in [1.807, 2.05) is 45.2 Å². The number of carbonyl (C=O) groups excluding carboxylic acids is 1. The Hall–Kier alpha value is -2.83. The van der Waals surface area contributed by atoms with Gasteiger partial charge in [-0.2, -0.15) is 0 Å². The van der Waals surface area contributed by atoms with Crippen LogP contribution in [-0.4, -0.2) is 44.2 Å². The van der Waals surface area contributed by atoms with Crippen LogP contribution in [0, 0.1) is 5.92 Å². The molecular weight excluding hydrogens is 382 g/mol. The second-order valence-corrected chi connectivity index (χ2v) is 9.29. The minimum atomic E-state index is -0.714. The van der Waals surface area contributed by atoms with Gasteiger partial charge in [-0.1, -0.05) is 24.3 Å². The molecule has 7 nitrogen and oxygen atoms in total. The van der Waals surface area contributed by atoms with E-state index in [9.17, 15) is 14.7 Å². The molecule has 2 aromatic rings. The molecule has 2 aliphatic rings. The number of aromatic amines is 1. The van der Waals surface area contributed by atoms with Crippen molar-refractivity contribution < 1.29 is 19.4 Å². The van der Waals surface area contributed by atoms with Gasteiger partial charge in [-0.15, -0.1) is 0 Å². The predicted octanol–water partition coefficient (Wildman–Crippen LogP) is 4.73. The fourth-order valence-electron chi connectivity index (χ4n) is 4.40. The Balaban J connectivity index is 1.54. The van der Waals surface area contributed by atoms with Gasteiger partial charge < -0.3 is 14.8 Å². The number of carboxylic acids is 1. The normalized spacial score (nSPS) is 23.8. The van der Waals surface area contributed by atoms with Crippen molar-refractivity contribution in [2.75, 3.05) is 6.54 Å². The number of aliphatic carboxylic acids is 1. The molecule has 1 amide bonds. The fourth-order valence-corrected chi connectivity index (χ4v) is 4.40. The number of ether oxygens (including phenoxy) is 1. The molecule has 1 aromatic carbocycles. The van der Waals surface area contributed by atoms with Crippen LogP contribution in [0.3, 0.4) is 0 Å². The van der Waals surface area contributed by atoms with Gasteiger partial charge in [0.1, 0.15) is 11.4 Å². The summed E-state index contributed by atoms with van der Waals surface area (Å²) in [4.78, 5) is 33.6. The van der Waals surface area contributed by atoms with E-state index in [0.29, 0.717) is 19.4 Å². The topological polar surface area (TPSA) is 95.5 Å². The number of imidazole rings is 1. The predicted molar refractivity (Wildman–Crippen MR) is 112 cm³/mol. The zero-order valence-electron chi connectivity index (χ0n) is 17.7. The van der Waals surface area contributed by atoms with Gasteiger partial charge in [-0.05, 0) is 57.9 Å². The lowest BCUT2D eigenvalue weighted by molar-refractivity contribution is -0.145. The van der Waals surface area contributed by atoms with Crippen molar-refractivity contribution in [3.05, 3.63) is 41.9 Å². The van der Waals surface area contributed by atoms with Gasteiger partial charge in [0.15, 0.2) is 0 Å². The van der Waals surface area contributed by atoms with Gasteiger partial charge >= 0.3 is 12.1 Å². The molecule has 2 heterocycles. The third-order valence-electron chi connectivity index (χ3n) is 5.96. The SMILES string of the molecule is CC(C)(C)OC(=O)N1CCCC1c1nc(-c2ccccc2C2CC(C(=O)O)C2)c[nH]1. The van der Waals surface area contributed by atoms with Crippen LogP contribution < -0.4 is 0 Å². The number of aromatic nitrogens is 2. The minimum absolute atomic E-state index is 0.124. The number of carboxylic acid groups (broad SMARTS) is 1. The van der Waals surface area contributed by atoms with E-state index in [0.717, 1.165) is 35.5 Å². The lowest BCUT2D eigenvalue weighted by atomic mass is 9.70. The van der Waals surface area contributed by atoms with Crippen LogP contribution in [-0.2, 0) is 9.53 Å². The summed E-state index contributed by atoms with van der Waals surface area (Å²) in [5.74, 6) is 0.0420.